The molecule has 3 rings (SSSR count). The number of halogens is 2. The Balaban J connectivity index is 1.47. The summed E-state index contributed by atoms with van der Waals surface area (Å²) in [6.07, 6.45) is 0.303. The van der Waals surface area contributed by atoms with Gasteiger partial charge in [0.1, 0.15) is 11.6 Å². The first kappa shape index (κ1) is 22.1. The number of hydrogen-bond donors (Lipinski definition) is 2. The van der Waals surface area contributed by atoms with E-state index in [0.717, 1.165) is 22.6 Å². The Hall–Kier alpha value is -3.55. The lowest BCUT2D eigenvalue weighted by atomic mass is 10.1. The van der Waals surface area contributed by atoms with Gasteiger partial charge in [0, 0.05) is 24.3 Å². The molecule has 162 valence electrons. The lowest BCUT2D eigenvalue weighted by Gasteiger charge is -2.08. The van der Waals surface area contributed by atoms with Gasteiger partial charge in [-0.05, 0) is 55.8 Å². The van der Waals surface area contributed by atoms with Gasteiger partial charge in [-0.2, -0.15) is 5.10 Å². The first-order valence-corrected chi connectivity index (χ1v) is 9.92. The van der Waals surface area contributed by atoms with E-state index in [4.69, 9.17) is 0 Å². The van der Waals surface area contributed by atoms with Crippen molar-refractivity contribution >= 4 is 11.8 Å². The Morgan fingerprint density at radius 2 is 1.35 bits per heavy atom. The van der Waals surface area contributed by atoms with Crippen LogP contribution in [0.2, 0.25) is 0 Å². The Morgan fingerprint density at radius 3 is 1.94 bits per heavy atom. The highest BCUT2D eigenvalue weighted by Crippen LogP contribution is 2.18. The molecule has 0 aliphatic carbocycles. The molecule has 0 saturated carbocycles. The number of aryl methyl sites for hydroxylation is 1. The van der Waals surface area contributed by atoms with Gasteiger partial charge >= 0.3 is 0 Å². The highest BCUT2D eigenvalue weighted by Gasteiger charge is 2.16. The number of nitrogens with one attached hydrogen (secondary N) is 2. The lowest BCUT2D eigenvalue weighted by molar-refractivity contribution is -0.122. The van der Waals surface area contributed by atoms with E-state index in [9.17, 15) is 18.4 Å². The predicted molar refractivity (Wildman–Crippen MR) is 113 cm³/mol. The minimum atomic E-state index is -0.347. The van der Waals surface area contributed by atoms with Crippen LogP contribution in [-0.4, -0.2) is 34.7 Å². The number of nitrogens with zero attached hydrogens (tertiary/aromatic N) is 2. The van der Waals surface area contributed by atoms with E-state index in [1.807, 2.05) is 13.8 Å². The van der Waals surface area contributed by atoms with Crippen molar-refractivity contribution in [2.24, 2.45) is 0 Å². The topological polar surface area (TPSA) is 76.0 Å². The molecule has 31 heavy (non-hydrogen) atoms. The van der Waals surface area contributed by atoms with Gasteiger partial charge in [0.15, 0.2) is 0 Å². The molecule has 0 fully saturated rings. The van der Waals surface area contributed by atoms with Crippen LogP contribution in [0.5, 0.6) is 0 Å². The second-order valence-electron chi connectivity index (χ2n) is 7.22. The van der Waals surface area contributed by atoms with Crippen molar-refractivity contribution in [3.05, 3.63) is 82.7 Å². The van der Waals surface area contributed by atoms with E-state index in [-0.39, 0.29) is 42.8 Å². The number of benzene rings is 2. The number of carbonyl (C=O) groups excluding carboxylic acids is 2. The monoisotopic (exact) mass is 426 g/mol. The number of carbonyl (C=O) groups is 2. The Bertz CT molecular complexity index is 1060. The number of amides is 2. The largest absolute Gasteiger partial charge is 0.354 e. The summed E-state index contributed by atoms with van der Waals surface area (Å²) in [5.74, 6) is -1.05. The van der Waals surface area contributed by atoms with Crippen LogP contribution < -0.4 is 10.6 Å². The Kier molecular flexibility index (Phi) is 7.12. The normalized spacial score (nSPS) is 10.7. The van der Waals surface area contributed by atoms with Gasteiger partial charge in [-0.25, -0.2) is 13.5 Å². The quantitative estimate of drug-likeness (QED) is 0.544. The molecule has 8 heteroatoms. The summed E-state index contributed by atoms with van der Waals surface area (Å²) in [7, 11) is 0. The molecule has 0 radical (unpaired) electrons. The molecule has 1 aromatic heterocycles. The SMILES string of the molecule is Cc1nn(-c2ccc(F)cc2)c(C)c1CC(=O)NCCNC(=O)Cc1ccc(F)cc1. The molecule has 0 spiro atoms. The maximum absolute atomic E-state index is 13.2. The van der Waals surface area contributed by atoms with Crippen molar-refractivity contribution in [2.45, 2.75) is 26.7 Å². The smallest absolute Gasteiger partial charge is 0.224 e. The third-order valence-corrected chi connectivity index (χ3v) is 4.90. The molecule has 0 unspecified atom stereocenters. The minimum Gasteiger partial charge on any atom is -0.354 e. The molecule has 0 saturated heterocycles. The summed E-state index contributed by atoms with van der Waals surface area (Å²) in [6.45, 7) is 4.27. The second-order valence-corrected chi connectivity index (χ2v) is 7.22. The van der Waals surface area contributed by atoms with Crippen molar-refractivity contribution in [3.63, 3.8) is 0 Å². The third kappa shape index (κ3) is 5.97. The van der Waals surface area contributed by atoms with Gasteiger partial charge in [0.2, 0.25) is 11.8 Å². The van der Waals surface area contributed by atoms with Gasteiger partial charge in [-0.3, -0.25) is 9.59 Å². The molecule has 2 aromatic carbocycles. The van der Waals surface area contributed by atoms with E-state index >= 15 is 0 Å². The summed E-state index contributed by atoms with van der Waals surface area (Å²) < 4.78 is 27.7. The lowest BCUT2D eigenvalue weighted by Crippen LogP contribution is -2.36. The first-order chi connectivity index (χ1) is 14.8. The average molecular weight is 426 g/mol. The molecule has 3 aromatic rings. The van der Waals surface area contributed by atoms with Crippen molar-refractivity contribution in [2.75, 3.05) is 13.1 Å². The molecule has 2 amide bonds. The summed E-state index contributed by atoms with van der Waals surface area (Å²) >= 11 is 0. The van der Waals surface area contributed by atoms with E-state index in [1.165, 1.54) is 24.3 Å². The first-order valence-electron chi connectivity index (χ1n) is 9.92. The van der Waals surface area contributed by atoms with E-state index in [1.54, 1.807) is 28.9 Å². The fourth-order valence-electron chi connectivity index (χ4n) is 3.24. The summed E-state index contributed by atoms with van der Waals surface area (Å²) in [4.78, 5) is 24.3. The van der Waals surface area contributed by atoms with Crippen LogP contribution in [0.4, 0.5) is 8.78 Å². The van der Waals surface area contributed by atoms with Gasteiger partial charge in [0.25, 0.3) is 0 Å². The predicted octanol–water partition coefficient (Wildman–Crippen LogP) is 2.78. The van der Waals surface area contributed by atoms with Gasteiger partial charge in [-0.1, -0.05) is 12.1 Å². The number of rotatable bonds is 8. The van der Waals surface area contributed by atoms with Crippen molar-refractivity contribution < 1.29 is 18.4 Å². The molecule has 0 aliphatic heterocycles. The molecular formula is C23H24F2N4O2. The van der Waals surface area contributed by atoms with Crippen LogP contribution in [0, 0.1) is 25.5 Å². The van der Waals surface area contributed by atoms with Crippen LogP contribution in [0.3, 0.4) is 0 Å². The third-order valence-electron chi connectivity index (χ3n) is 4.90. The highest BCUT2D eigenvalue weighted by molar-refractivity contribution is 5.80. The summed E-state index contributed by atoms with van der Waals surface area (Å²) in [6, 6.07) is 11.7. The van der Waals surface area contributed by atoms with E-state index < -0.39 is 0 Å². The zero-order chi connectivity index (χ0) is 22.4. The Labute approximate surface area is 179 Å². The average Bonchev–Trinajstić information content (AvgIpc) is 3.02. The van der Waals surface area contributed by atoms with E-state index in [0.29, 0.717) is 12.1 Å². The fraction of sp³-hybridized carbons (Fsp3) is 0.261. The molecule has 0 aliphatic rings. The van der Waals surface area contributed by atoms with Crippen molar-refractivity contribution in [3.8, 4) is 5.69 Å². The molecular weight excluding hydrogens is 402 g/mol. The van der Waals surface area contributed by atoms with E-state index in [2.05, 4.69) is 15.7 Å². The molecule has 1 heterocycles. The van der Waals surface area contributed by atoms with Crippen LogP contribution in [0.25, 0.3) is 5.69 Å². The zero-order valence-corrected chi connectivity index (χ0v) is 17.4. The fourth-order valence-corrected chi connectivity index (χ4v) is 3.24. The van der Waals surface area contributed by atoms with Gasteiger partial charge < -0.3 is 10.6 Å². The molecule has 0 atom stereocenters. The Morgan fingerprint density at radius 1 is 0.839 bits per heavy atom. The second kappa shape index (κ2) is 9.97. The molecule has 2 N–H and O–H groups in total. The van der Waals surface area contributed by atoms with Gasteiger partial charge in [0.05, 0.1) is 24.2 Å². The standard InChI is InChI=1S/C23H24F2N4O2/c1-15-21(16(2)29(28-15)20-9-7-19(25)8-10-20)14-23(31)27-12-11-26-22(30)13-17-3-5-18(24)6-4-17/h3-10H,11-14H2,1-2H3,(H,26,30)(H,27,31). The summed E-state index contributed by atoms with van der Waals surface area (Å²) in [5.41, 5.74) is 3.78. The number of aromatic nitrogens is 2. The maximum Gasteiger partial charge on any atom is 0.224 e. The molecule has 6 nitrogen and oxygen atoms in total. The van der Waals surface area contributed by atoms with Crippen LogP contribution >= 0.6 is 0 Å². The highest BCUT2D eigenvalue weighted by atomic mass is 19.1. The summed E-state index contributed by atoms with van der Waals surface area (Å²) in [5, 5.41) is 9.96. The minimum absolute atomic E-state index is 0.148. The van der Waals surface area contributed by atoms with Crippen molar-refractivity contribution in [1.82, 2.24) is 20.4 Å². The number of hydrogen-bond acceptors (Lipinski definition) is 3. The zero-order valence-electron chi connectivity index (χ0n) is 17.4. The van der Waals surface area contributed by atoms with Crippen LogP contribution in [0.1, 0.15) is 22.5 Å². The van der Waals surface area contributed by atoms with Crippen LogP contribution in [-0.2, 0) is 22.4 Å². The maximum atomic E-state index is 13.2. The van der Waals surface area contributed by atoms with Gasteiger partial charge in [-0.15, -0.1) is 0 Å². The molecule has 0 bridgehead atoms. The van der Waals surface area contributed by atoms with Crippen molar-refractivity contribution in [1.29, 1.82) is 0 Å². The van der Waals surface area contributed by atoms with Crippen LogP contribution in [0.15, 0.2) is 48.5 Å².